The minimum absolute atomic E-state index is 0.103. The van der Waals surface area contributed by atoms with Crippen LogP contribution in [0.5, 0.6) is 0 Å². The number of alkyl halides is 3. The summed E-state index contributed by atoms with van der Waals surface area (Å²) < 4.78 is 37.4. The fraction of sp³-hybridized carbons (Fsp3) is 0.333. The molecule has 7 heteroatoms. The highest BCUT2D eigenvalue weighted by atomic mass is 19.4. The van der Waals surface area contributed by atoms with E-state index in [2.05, 4.69) is 0 Å². The average Bonchev–Trinajstić information content (AvgIpc) is 2.27. The number of aliphatic carboxylic acids is 1. The van der Waals surface area contributed by atoms with Crippen LogP contribution in [0.2, 0.25) is 0 Å². The Morgan fingerprint density at radius 1 is 1.16 bits per heavy atom. The lowest BCUT2D eigenvalue weighted by molar-refractivity contribution is -0.138. The Kier molecular flexibility index (Phi) is 4.52. The van der Waals surface area contributed by atoms with Gasteiger partial charge >= 0.3 is 18.1 Å². The van der Waals surface area contributed by atoms with E-state index in [1.165, 1.54) is 0 Å². The van der Waals surface area contributed by atoms with Gasteiger partial charge in [-0.05, 0) is 30.5 Å². The van der Waals surface area contributed by atoms with E-state index in [0.717, 1.165) is 12.1 Å². The van der Waals surface area contributed by atoms with Gasteiger partial charge in [0.2, 0.25) is 0 Å². The predicted octanol–water partition coefficient (Wildman–Crippen LogP) is 2.81. The molecular weight excluding hydrogens is 265 g/mol. The normalized spacial score (nSPS) is 11.3. The minimum Gasteiger partial charge on any atom is -0.481 e. The molecule has 0 aliphatic rings. The molecule has 0 saturated carbocycles. The summed E-state index contributed by atoms with van der Waals surface area (Å²) in [6.07, 6.45) is -4.50. The number of rotatable bonds is 5. The molecule has 0 heterocycles. The smallest absolute Gasteiger partial charge is 0.416 e. The Bertz CT molecular complexity index is 494. The monoisotopic (exact) mass is 276 g/mol. The molecule has 1 aromatic carbocycles. The summed E-state index contributed by atoms with van der Waals surface area (Å²) >= 11 is 0. The van der Waals surface area contributed by atoms with Crippen molar-refractivity contribution < 1.29 is 33.0 Å². The predicted molar refractivity (Wildman–Crippen MR) is 59.0 cm³/mol. The summed E-state index contributed by atoms with van der Waals surface area (Å²) in [5, 5.41) is 17.3. The van der Waals surface area contributed by atoms with Gasteiger partial charge in [0.15, 0.2) is 0 Å². The van der Waals surface area contributed by atoms with Crippen molar-refractivity contribution >= 4 is 11.9 Å². The molecule has 1 aromatic rings. The molecule has 0 saturated heterocycles. The van der Waals surface area contributed by atoms with E-state index in [1.54, 1.807) is 0 Å². The van der Waals surface area contributed by atoms with Crippen LogP contribution in [-0.4, -0.2) is 22.2 Å². The van der Waals surface area contributed by atoms with Gasteiger partial charge in [0, 0.05) is 6.42 Å². The molecule has 4 nitrogen and oxygen atoms in total. The first-order chi connectivity index (χ1) is 8.71. The quantitative estimate of drug-likeness (QED) is 0.867. The van der Waals surface area contributed by atoms with E-state index in [9.17, 15) is 22.8 Å². The summed E-state index contributed by atoms with van der Waals surface area (Å²) in [5.74, 6) is -2.50. The number of benzene rings is 1. The summed E-state index contributed by atoms with van der Waals surface area (Å²) in [6.45, 7) is 0. The van der Waals surface area contributed by atoms with Gasteiger partial charge in [0.05, 0.1) is 11.1 Å². The van der Waals surface area contributed by atoms with Gasteiger partial charge in [-0.3, -0.25) is 4.79 Å². The van der Waals surface area contributed by atoms with Gasteiger partial charge in [0.25, 0.3) is 0 Å². The Morgan fingerprint density at radius 3 is 2.26 bits per heavy atom. The highest BCUT2D eigenvalue weighted by Crippen LogP contribution is 2.30. The lowest BCUT2D eigenvalue weighted by Crippen LogP contribution is -2.10. The van der Waals surface area contributed by atoms with Crippen LogP contribution in [-0.2, 0) is 17.4 Å². The first-order valence-electron chi connectivity index (χ1n) is 5.37. The summed E-state index contributed by atoms with van der Waals surface area (Å²) in [6, 6.07) is 2.44. The molecule has 0 aliphatic carbocycles. The van der Waals surface area contributed by atoms with E-state index >= 15 is 0 Å². The molecule has 0 spiro atoms. The van der Waals surface area contributed by atoms with Crippen molar-refractivity contribution in [3.8, 4) is 0 Å². The number of carboxylic acids is 2. The fourth-order valence-electron chi connectivity index (χ4n) is 1.60. The molecule has 0 atom stereocenters. The Balaban J connectivity index is 2.99. The van der Waals surface area contributed by atoms with Gasteiger partial charge in [-0.15, -0.1) is 0 Å². The molecule has 0 fully saturated rings. The zero-order chi connectivity index (χ0) is 14.6. The minimum atomic E-state index is -4.61. The van der Waals surface area contributed by atoms with Gasteiger partial charge in [-0.2, -0.15) is 13.2 Å². The van der Waals surface area contributed by atoms with Crippen LogP contribution in [0.3, 0.4) is 0 Å². The van der Waals surface area contributed by atoms with Crippen molar-refractivity contribution in [2.24, 2.45) is 0 Å². The molecular formula is C12H11F3O4. The standard InChI is InChI=1S/C12H11F3O4/c13-12(14,15)8-5-4-7(2-1-3-10(16)17)9(6-8)11(18)19/h4-6H,1-3H2,(H,16,17)(H,18,19). The zero-order valence-electron chi connectivity index (χ0n) is 9.70. The lowest BCUT2D eigenvalue weighted by atomic mass is 9.99. The molecule has 19 heavy (non-hydrogen) atoms. The molecule has 0 bridgehead atoms. The van der Waals surface area contributed by atoms with Gasteiger partial charge in [-0.25, -0.2) is 4.79 Å². The highest BCUT2D eigenvalue weighted by molar-refractivity contribution is 5.89. The number of halogens is 3. The summed E-state index contributed by atoms with van der Waals surface area (Å²) in [7, 11) is 0. The van der Waals surface area contributed by atoms with Crippen LogP contribution in [0.4, 0.5) is 13.2 Å². The maximum absolute atomic E-state index is 12.5. The first kappa shape index (κ1) is 15.0. The lowest BCUT2D eigenvalue weighted by Gasteiger charge is -2.10. The molecule has 0 amide bonds. The number of carboxylic acid groups (broad SMARTS) is 2. The van der Waals surface area contributed by atoms with Crippen molar-refractivity contribution in [1.29, 1.82) is 0 Å². The maximum Gasteiger partial charge on any atom is 0.416 e. The second-order valence-electron chi connectivity index (χ2n) is 3.92. The number of hydrogen-bond acceptors (Lipinski definition) is 2. The SMILES string of the molecule is O=C(O)CCCc1ccc(C(F)(F)F)cc1C(=O)O. The molecule has 0 radical (unpaired) electrons. The highest BCUT2D eigenvalue weighted by Gasteiger charge is 2.31. The Labute approximate surface area is 106 Å². The van der Waals surface area contributed by atoms with E-state index in [1.807, 2.05) is 0 Å². The molecule has 104 valence electrons. The number of hydrogen-bond donors (Lipinski definition) is 2. The second-order valence-corrected chi connectivity index (χ2v) is 3.92. The fourth-order valence-corrected chi connectivity index (χ4v) is 1.60. The van der Waals surface area contributed by atoms with Crippen molar-refractivity contribution in [3.05, 3.63) is 34.9 Å². The maximum atomic E-state index is 12.5. The van der Waals surface area contributed by atoms with Crippen LogP contribution in [0.15, 0.2) is 18.2 Å². The van der Waals surface area contributed by atoms with Crippen LogP contribution in [0, 0.1) is 0 Å². The van der Waals surface area contributed by atoms with Crippen molar-refractivity contribution in [3.63, 3.8) is 0 Å². The molecule has 0 aromatic heterocycles. The molecule has 1 rings (SSSR count). The number of carbonyl (C=O) groups is 2. The van der Waals surface area contributed by atoms with E-state index in [-0.39, 0.29) is 24.8 Å². The average molecular weight is 276 g/mol. The summed E-state index contributed by atoms with van der Waals surface area (Å²) in [4.78, 5) is 21.2. The molecule has 0 unspecified atom stereocenters. The van der Waals surface area contributed by atoms with Gasteiger partial charge < -0.3 is 10.2 Å². The van der Waals surface area contributed by atoms with E-state index in [0.29, 0.717) is 6.07 Å². The largest absolute Gasteiger partial charge is 0.481 e. The van der Waals surface area contributed by atoms with Crippen molar-refractivity contribution in [1.82, 2.24) is 0 Å². The van der Waals surface area contributed by atoms with E-state index in [4.69, 9.17) is 10.2 Å². The van der Waals surface area contributed by atoms with Crippen LogP contribution in [0.1, 0.15) is 34.3 Å². The Morgan fingerprint density at radius 2 is 1.79 bits per heavy atom. The number of aromatic carboxylic acids is 1. The van der Waals surface area contributed by atoms with Crippen LogP contribution >= 0.6 is 0 Å². The third kappa shape index (κ3) is 4.27. The third-order valence-electron chi connectivity index (χ3n) is 2.50. The molecule has 2 N–H and O–H groups in total. The zero-order valence-corrected chi connectivity index (χ0v) is 9.70. The van der Waals surface area contributed by atoms with Crippen molar-refractivity contribution in [2.75, 3.05) is 0 Å². The second kappa shape index (κ2) is 5.73. The van der Waals surface area contributed by atoms with Gasteiger partial charge in [-0.1, -0.05) is 6.07 Å². The van der Waals surface area contributed by atoms with E-state index < -0.39 is 29.2 Å². The van der Waals surface area contributed by atoms with Crippen LogP contribution in [0.25, 0.3) is 0 Å². The third-order valence-corrected chi connectivity index (χ3v) is 2.50. The number of aryl methyl sites for hydroxylation is 1. The summed E-state index contributed by atoms with van der Waals surface area (Å²) in [5.41, 5.74) is -1.28. The molecule has 0 aliphatic heterocycles. The Hall–Kier alpha value is -2.05. The topological polar surface area (TPSA) is 74.6 Å². The van der Waals surface area contributed by atoms with Crippen molar-refractivity contribution in [2.45, 2.75) is 25.4 Å². The van der Waals surface area contributed by atoms with Crippen LogP contribution < -0.4 is 0 Å². The van der Waals surface area contributed by atoms with Gasteiger partial charge in [0.1, 0.15) is 0 Å². The first-order valence-corrected chi connectivity index (χ1v) is 5.37.